The number of anilines is 1. The second-order valence-corrected chi connectivity index (χ2v) is 5.98. The van der Waals surface area contributed by atoms with Gasteiger partial charge >= 0.3 is 0 Å². The fourth-order valence-electron chi connectivity index (χ4n) is 2.63. The molecule has 0 aromatic heterocycles. The molecule has 0 saturated heterocycles. The van der Waals surface area contributed by atoms with Gasteiger partial charge in [0.25, 0.3) is 5.91 Å². The number of likely N-dealkylation sites (N-methyl/N-ethyl adjacent to an activating group) is 1. The molecule has 0 heterocycles. The third kappa shape index (κ3) is 4.93. The highest BCUT2D eigenvalue weighted by atomic mass is 19.1. The lowest BCUT2D eigenvalue weighted by Gasteiger charge is -2.17. The van der Waals surface area contributed by atoms with E-state index in [0.717, 1.165) is 10.5 Å². The lowest BCUT2D eigenvalue weighted by Crippen LogP contribution is -3.08. The van der Waals surface area contributed by atoms with Crippen molar-refractivity contribution >= 4 is 11.6 Å². The van der Waals surface area contributed by atoms with Crippen molar-refractivity contribution in [3.05, 3.63) is 53.3 Å². The minimum atomic E-state index is -0.334. The van der Waals surface area contributed by atoms with E-state index in [2.05, 4.69) is 5.32 Å². The quantitative estimate of drug-likeness (QED) is 0.803. The predicted octanol–water partition coefficient (Wildman–Crippen LogP) is 1.80. The van der Waals surface area contributed by atoms with Crippen molar-refractivity contribution in [3.8, 4) is 11.5 Å². The molecule has 2 N–H and O–H groups in total. The van der Waals surface area contributed by atoms with Gasteiger partial charge in [-0.3, -0.25) is 4.79 Å². The Bertz CT molecular complexity index is 749. The van der Waals surface area contributed by atoms with Crippen molar-refractivity contribution in [3.63, 3.8) is 0 Å². The van der Waals surface area contributed by atoms with Crippen molar-refractivity contribution in [1.29, 1.82) is 0 Å². The number of carbonyl (C=O) groups excluding carboxylic acids is 1. The van der Waals surface area contributed by atoms with E-state index >= 15 is 0 Å². The molecule has 1 amide bonds. The van der Waals surface area contributed by atoms with E-state index in [4.69, 9.17) is 9.47 Å². The van der Waals surface area contributed by atoms with Crippen molar-refractivity contribution in [2.24, 2.45) is 0 Å². The van der Waals surface area contributed by atoms with E-state index in [-0.39, 0.29) is 18.3 Å². The molecule has 0 aliphatic heterocycles. The predicted molar refractivity (Wildman–Crippen MR) is 94.8 cm³/mol. The Morgan fingerprint density at radius 1 is 1.20 bits per heavy atom. The number of carbonyl (C=O) groups is 1. The summed E-state index contributed by atoms with van der Waals surface area (Å²) >= 11 is 0. The zero-order valence-corrected chi connectivity index (χ0v) is 15.0. The third-order valence-electron chi connectivity index (χ3n) is 3.89. The first-order valence-corrected chi connectivity index (χ1v) is 8.01. The van der Waals surface area contributed by atoms with Gasteiger partial charge < -0.3 is 19.7 Å². The van der Waals surface area contributed by atoms with Gasteiger partial charge in [-0.05, 0) is 36.8 Å². The fourth-order valence-corrected chi connectivity index (χ4v) is 2.63. The van der Waals surface area contributed by atoms with Gasteiger partial charge in [0, 0.05) is 5.69 Å². The van der Waals surface area contributed by atoms with E-state index in [0.29, 0.717) is 29.3 Å². The summed E-state index contributed by atoms with van der Waals surface area (Å²) < 4.78 is 24.3. The molecule has 2 aromatic rings. The average molecular weight is 347 g/mol. The molecule has 5 nitrogen and oxygen atoms in total. The highest BCUT2D eigenvalue weighted by molar-refractivity contribution is 5.91. The van der Waals surface area contributed by atoms with E-state index in [9.17, 15) is 9.18 Å². The number of halogens is 1. The zero-order valence-electron chi connectivity index (χ0n) is 15.0. The fraction of sp³-hybridized carbons (Fsp3) is 0.316. The number of para-hydroxylation sites is 1. The average Bonchev–Trinajstić information content (AvgIpc) is 2.57. The van der Waals surface area contributed by atoms with Crippen LogP contribution in [0.1, 0.15) is 11.1 Å². The van der Waals surface area contributed by atoms with Crippen molar-refractivity contribution < 1.29 is 23.6 Å². The maximum absolute atomic E-state index is 13.6. The number of rotatable bonds is 7. The van der Waals surface area contributed by atoms with Crippen LogP contribution in [0.25, 0.3) is 0 Å². The van der Waals surface area contributed by atoms with Crippen LogP contribution in [0.2, 0.25) is 0 Å². The zero-order chi connectivity index (χ0) is 18.4. The molecule has 0 radical (unpaired) electrons. The Morgan fingerprint density at radius 2 is 1.96 bits per heavy atom. The van der Waals surface area contributed by atoms with Crippen molar-refractivity contribution in [2.75, 3.05) is 33.1 Å². The molecule has 25 heavy (non-hydrogen) atoms. The Balaban J connectivity index is 1.99. The van der Waals surface area contributed by atoms with Crippen molar-refractivity contribution in [2.45, 2.75) is 13.5 Å². The Hall–Kier alpha value is -2.60. The highest BCUT2D eigenvalue weighted by Crippen LogP contribution is 2.30. The Morgan fingerprint density at radius 3 is 2.60 bits per heavy atom. The van der Waals surface area contributed by atoms with Crippen LogP contribution in [0.5, 0.6) is 11.5 Å². The molecular weight excluding hydrogens is 323 g/mol. The van der Waals surface area contributed by atoms with Gasteiger partial charge in [0.05, 0.1) is 26.8 Å². The molecule has 134 valence electrons. The smallest absolute Gasteiger partial charge is 0.279 e. The van der Waals surface area contributed by atoms with E-state index in [1.807, 2.05) is 25.2 Å². The minimum absolute atomic E-state index is 0.178. The molecule has 0 spiro atoms. The monoisotopic (exact) mass is 347 g/mol. The molecule has 1 atom stereocenters. The van der Waals surface area contributed by atoms with Crippen LogP contribution in [0, 0.1) is 12.7 Å². The van der Waals surface area contributed by atoms with Crippen LogP contribution in [-0.4, -0.2) is 33.7 Å². The lowest BCUT2D eigenvalue weighted by atomic mass is 10.1. The van der Waals surface area contributed by atoms with Crippen LogP contribution >= 0.6 is 0 Å². The molecule has 2 rings (SSSR count). The summed E-state index contributed by atoms with van der Waals surface area (Å²) in [5.41, 5.74) is 1.96. The summed E-state index contributed by atoms with van der Waals surface area (Å²) in [5.74, 6) is 0.819. The van der Waals surface area contributed by atoms with Crippen LogP contribution in [0.3, 0.4) is 0 Å². The summed E-state index contributed by atoms with van der Waals surface area (Å²) in [5, 5.41) is 2.72. The number of methoxy groups -OCH3 is 2. The van der Waals surface area contributed by atoms with Gasteiger partial charge in [0.2, 0.25) is 0 Å². The van der Waals surface area contributed by atoms with Crippen LogP contribution < -0.4 is 19.7 Å². The molecule has 0 aliphatic rings. The first-order chi connectivity index (χ1) is 11.9. The number of hydrogen-bond acceptors (Lipinski definition) is 3. The largest absolute Gasteiger partial charge is 0.493 e. The molecular formula is C19H24FN2O3+. The standard InChI is InChI=1S/C19H23FN2O3/c1-13-8-9-15(10-16(13)20)21-18(23)12-22(2)11-14-6-5-7-17(24-3)19(14)25-4/h5-10H,11-12H2,1-4H3,(H,21,23)/p+1. The maximum atomic E-state index is 13.6. The Kier molecular flexibility index (Phi) is 6.36. The van der Waals surface area contributed by atoms with Crippen LogP contribution in [-0.2, 0) is 11.3 Å². The van der Waals surface area contributed by atoms with Crippen LogP contribution in [0.4, 0.5) is 10.1 Å². The first-order valence-electron chi connectivity index (χ1n) is 8.01. The number of hydrogen-bond donors (Lipinski definition) is 2. The van der Waals surface area contributed by atoms with Gasteiger partial charge in [0.1, 0.15) is 12.4 Å². The number of amides is 1. The van der Waals surface area contributed by atoms with Gasteiger partial charge in [-0.2, -0.15) is 0 Å². The van der Waals surface area contributed by atoms with E-state index < -0.39 is 0 Å². The molecule has 0 aliphatic carbocycles. The summed E-state index contributed by atoms with van der Waals surface area (Å²) in [6.07, 6.45) is 0. The number of nitrogens with one attached hydrogen (secondary N) is 2. The molecule has 6 heteroatoms. The molecule has 0 bridgehead atoms. The number of ether oxygens (including phenoxy) is 2. The summed E-state index contributed by atoms with van der Waals surface area (Å²) in [6.45, 7) is 2.52. The molecule has 0 fully saturated rings. The first kappa shape index (κ1) is 18.7. The summed E-state index contributed by atoms with van der Waals surface area (Å²) in [4.78, 5) is 13.1. The lowest BCUT2D eigenvalue weighted by molar-refractivity contribution is -0.885. The van der Waals surface area contributed by atoms with Gasteiger partial charge in [-0.1, -0.05) is 12.1 Å². The molecule has 2 aromatic carbocycles. The van der Waals surface area contributed by atoms with Crippen molar-refractivity contribution in [1.82, 2.24) is 0 Å². The highest BCUT2D eigenvalue weighted by Gasteiger charge is 2.16. The normalized spacial score (nSPS) is 11.7. The summed E-state index contributed by atoms with van der Waals surface area (Å²) in [7, 11) is 5.09. The summed E-state index contributed by atoms with van der Waals surface area (Å²) in [6, 6.07) is 10.3. The van der Waals surface area contributed by atoms with E-state index in [1.54, 1.807) is 33.3 Å². The number of quaternary nitrogens is 1. The molecule has 0 saturated carbocycles. The second kappa shape index (κ2) is 8.48. The molecule has 1 unspecified atom stereocenters. The SMILES string of the molecule is COc1cccc(C[NH+](C)CC(=O)Nc2ccc(C)c(F)c2)c1OC. The second-order valence-electron chi connectivity index (χ2n) is 5.98. The third-order valence-corrected chi connectivity index (χ3v) is 3.89. The maximum Gasteiger partial charge on any atom is 0.279 e. The van der Waals surface area contributed by atoms with E-state index in [1.165, 1.54) is 6.07 Å². The van der Waals surface area contributed by atoms with Gasteiger partial charge in [-0.25, -0.2) is 4.39 Å². The topological polar surface area (TPSA) is 52.0 Å². The van der Waals surface area contributed by atoms with Gasteiger partial charge in [0.15, 0.2) is 18.0 Å². The van der Waals surface area contributed by atoms with Gasteiger partial charge in [-0.15, -0.1) is 0 Å². The Labute approximate surface area is 147 Å². The number of benzene rings is 2. The minimum Gasteiger partial charge on any atom is -0.493 e. The van der Waals surface area contributed by atoms with Crippen LogP contribution in [0.15, 0.2) is 36.4 Å². The number of aryl methyl sites for hydroxylation is 1.